The summed E-state index contributed by atoms with van der Waals surface area (Å²) >= 11 is 0. The number of nitrogens with zero attached hydrogens (tertiary/aromatic N) is 6. The van der Waals surface area contributed by atoms with Crippen LogP contribution in [0, 0.1) is 13.8 Å². The normalized spacial score (nSPS) is 15.8. The Balaban J connectivity index is 1.54. The first-order valence-electron chi connectivity index (χ1n) is 7.93. The smallest absolute Gasteiger partial charge is 0.266 e. The molecule has 0 saturated carbocycles. The minimum absolute atomic E-state index is 0.0465. The molecule has 3 heterocycles. The van der Waals surface area contributed by atoms with E-state index in [4.69, 9.17) is 0 Å². The molecule has 0 aliphatic carbocycles. The Morgan fingerprint density at radius 1 is 1.04 bits per heavy atom. The minimum atomic E-state index is -0.0465. The lowest BCUT2D eigenvalue weighted by Crippen LogP contribution is -2.48. The van der Waals surface area contributed by atoms with Crippen LogP contribution < -0.4 is 10.5 Å². The first kappa shape index (κ1) is 15.6. The van der Waals surface area contributed by atoms with Crippen LogP contribution in [0.4, 0.5) is 5.95 Å². The van der Waals surface area contributed by atoms with Crippen molar-refractivity contribution in [3.05, 3.63) is 46.1 Å². The van der Waals surface area contributed by atoms with E-state index in [1.165, 1.54) is 4.68 Å². The predicted molar refractivity (Wildman–Crippen MR) is 88.7 cm³/mol. The molecule has 1 aliphatic heterocycles. The van der Waals surface area contributed by atoms with Gasteiger partial charge in [-0.15, -0.1) is 0 Å². The Kier molecular flexibility index (Phi) is 4.66. The van der Waals surface area contributed by atoms with Gasteiger partial charge < -0.3 is 4.90 Å². The predicted octanol–water partition coefficient (Wildman–Crippen LogP) is 0.472. The maximum atomic E-state index is 11.6. The Bertz CT molecular complexity index is 700. The molecule has 0 unspecified atom stereocenters. The number of piperazine rings is 1. The third kappa shape index (κ3) is 3.92. The summed E-state index contributed by atoms with van der Waals surface area (Å²) in [5, 5.41) is 4.09. The molecule has 23 heavy (non-hydrogen) atoms. The van der Waals surface area contributed by atoms with E-state index < -0.39 is 0 Å². The zero-order valence-electron chi connectivity index (χ0n) is 13.6. The molecule has 0 bridgehead atoms. The van der Waals surface area contributed by atoms with Gasteiger partial charge in [0.2, 0.25) is 5.95 Å². The van der Waals surface area contributed by atoms with Crippen LogP contribution in [-0.2, 0) is 6.54 Å². The Labute approximate surface area is 135 Å². The van der Waals surface area contributed by atoms with E-state index in [1.54, 1.807) is 18.3 Å². The van der Waals surface area contributed by atoms with Crippen LogP contribution in [-0.4, -0.2) is 57.4 Å². The van der Waals surface area contributed by atoms with Crippen LogP contribution in [0.5, 0.6) is 0 Å². The van der Waals surface area contributed by atoms with Crippen molar-refractivity contribution in [3.8, 4) is 0 Å². The molecule has 2 aromatic rings. The zero-order chi connectivity index (χ0) is 16.2. The molecule has 1 saturated heterocycles. The molecule has 0 atom stereocenters. The Morgan fingerprint density at radius 3 is 2.39 bits per heavy atom. The molecule has 1 aliphatic rings. The van der Waals surface area contributed by atoms with Crippen molar-refractivity contribution in [2.24, 2.45) is 0 Å². The highest BCUT2D eigenvalue weighted by molar-refractivity contribution is 5.32. The molecular weight excluding hydrogens is 292 g/mol. The van der Waals surface area contributed by atoms with Crippen LogP contribution in [0.15, 0.2) is 29.2 Å². The van der Waals surface area contributed by atoms with Gasteiger partial charge in [0.05, 0.1) is 6.54 Å². The number of rotatable bonds is 4. The van der Waals surface area contributed by atoms with Gasteiger partial charge >= 0.3 is 0 Å². The van der Waals surface area contributed by atoms with E-state index in [0.717, 1.165) is 50.1 Å². The molecule has 7 heteroatoms. The maximum Gasteiger partial charge on any atom is 0.266 e. The molecule has 3 rings (SSSR count). The Morgan fingerprint density at radius 2 is 1.74 bits per heavy atom. The third-order valence-corrected chi connectivity index (χ3v) is 4.04. The topological polar surface area (TPSA) is 67.2 Å². The van der Waals surface area contributed by atoms with Crippen molar-refractivity contribution >= 4 is 5.95 Å². The highest BCUT2D eigenvalue weighted by atomic mass is 16.1. The second-order valence-electron chi connectivity index (χ2n) is 5.86. The largest absolute Gasteiger partial charge is 0.338 e. The van der Waals surface area contributed by atoms with Gasteiger partial charge in [0.15, 0.2) is 0 Å². The van der Waals surface area contributed by atoms with Crippen molar-refractivity contribution < 1.29 is 0 Å². The average Bonchev–Trinajstić information content (AvgIpc) is 2.54. The molecule has 0 N–H and O–H groups in total. The van der Waals surface area contributed by atoms with Gasteiger partial charge in [-0.2, -0.15) is 5.10 Å². The van der Waals surface area contributed by atoms with Gasteiger partial charge in [0.1, 0.15) is 0 Å². The van der Waals surface area contributed by atoms with Gasteiger partial charge in [-0.25, -0.2) is 14.6 Å². The summed E-state index contributed by atoms with van der Waals surface area (Å²) in [5.41, 5.74) is 1.96. The highest BCUT2D eigenvalue weighted by Crippen LogP contribution is 2.12. The summed E-state index contributed by atoms with van der Waals surface area (Å²) in [4.78, 5) is 25.3. The summed E-state index contributed by atoms with van der Waals surface area (Å²) in [7, 11) is 0. The Hall–Kier alpha value is -2.28. The van der Waals surface area contributed by atoms with Crippen molar-refractivity contribution in [2.75, 3.05) is 37.6 Å². The average molecular weight is 314 g/mol. The molecule has 122 valence electrons. The zero-order valence-corrected chi connectivity index (χ0v) is 13.6. The number of aryl methyl sites for hydroxylation is 2. The highest BCUT2D eigenvalue weighted by Gasteiger charge is 2.19. The van der Waals surface area contributed by atoms with Crippen LogP contribution >= 0.6 is 0 Å². The van der Waals surface area contributed by atoms with Crippen LogP contribution in [0.25, 0.3) is 0 Å². The van der Waals surface area contributed by atoms with Crippen molar-refractivity contribution in [2.45, 2.75) is 20.4 Å². The van der Waals surface area contributed by atoms with Crippen molar-refractivity contribution in [1.82, 2.24) is 24.6 Å². The molecule has 0 spiro atoms. The summed E-state index contributed by atoms with van der Waals surface area (Å²) in [6.07, 6.45) is 1.65. The van der Waals surface area contributed by atoms with Crippen LogP contribution in [0.3, 0.4) is 0 Å². The first-order valence-corrected chi connectivity index (χ1v) is 7.93. The van der Waals surface area contributed by atoms with Gasteiger partial charge in [-0.05, 0) is 26.0 Å². The standard InChI is InChI=1S/C16H22N6O/c1-13-12-14(2)19-16(18-13)21-9-6-20(7-10-21)8-11-22-15(23)4-3-5-17-22/h3-5,12H,6-11H2,1-2H3. The summed E-state index contributed by atoms with van der Waals surface area (Å²) in [6.45, 7) is 9.14. The van der Waals surface area contributed by atoms with Crippen LogP contribution in [0.2, 0.25) is 0 Å². The van der Waals surface area contributed by atoms with E-state index in [0.29, 0.717) is 6.54 Å². The summed E-state index contributed by atoms with van der Waals surface area (Å²) in [6, 6.07) is 5.20. The fraction of sp³-hybridized carbons (Fsp3) is 0.500. The van der Waals surface area contributed by atoms with E-state index in [9.17, 15) is 4.79 Å². The lowest BCUT2D eigenvalue weighted by Gasteiger charge is -2.34. The SMILES string of the molecule is Cc1cc(C)nc(N2CCN(CCn3ncccc3=O)CC2)n1. The van der Waals surface area contributed by atoms with Gasteiger partial charge in [0.25, 0.3) is 5.56 Å². The molecule has 0 aromatic carbocycles. The number of aromatic nitrogens is 4. The monoisotopic (exact) mass is 314 g/mol. The molecule has 0 amide bonds. The second kappa shape index (κ2) is 6.87. The lowest BCUT2D eigenvalue weighted by molar-refractivity contribution is 0.241. The summed E-state index contributed by atoms with van der Waals surface area (Å²) < 4.78 is 1.51. The number of hydrogen-bond donors (Lipinski definition) is 0. The second-order valence-corrected chi connectivity index (χ2v) is 5.86. The molecular formula is C16H22N6O. The quantitative estimate of drug-likeness (QED) is 0.817. The van der Waals surface area contributed by atoms with E-state index >= 15 is 0 Å². The van der Waals surface area contributed by atoms with Gasteiger partial charge in [-0.3, -0.25) is 9.69 Å². The van der Waals surface area contributed by atoms with E-state index in [-0.39, 0.29) is 5.56 Å². The fourth-order valence-electron chi connectivity index (χ4n) is 2.81. The summed E-state index contributed by atoms with van der Waals surface area (Å²) in [5.74, 6) is 0.822. The first-order chi connectivity index (χ1) is 11.1. The number of anilines is 1. The molecule has 0 radical (unpaired) electrons. The number of hydrogen-bond acceptors (Lipinski definition) is 6. The van der Waals surface area contributed by atoms with Crippen molar-refractivity contribution in [3.63, 3.8) is 0 Å². The van der Waals surface area contributed by atoms with Gasteiger partial charge in [-0.1, -0.05) is 0 Å². The molecule has 1 fully saturated rings. The minimum Gasteiger partial charge on any atom is -0.338 e. The third-order valence-electron chi connectivity index (χ3n) is 4.04. The molecule has 7 nitrogen and oxygen atoms in total. The van der Waals surface area contributed by atoms with Crippen molar-refractivity contribution in [1.29, 1.82) is 0 Å². The van der Waals surface area contributed by atoms with E-state index in [2.05, 4.69) is 24.9 Å². The van der Waals surface area contributed by atoms with E-state index in [1.807, 2.05) is 19.9 Å². The molecule has 2 aromatic heterocycles. The maximum absolute atomic E-state index is 11.6. The van der Waals surface area contributed by atoms with Gasteiger partial charge in [0, 0.05) is 56.4 Å². The fourth-order valence-corrected chi connectivity index (χ4v) is 2.81. The van der Waals surface area contributed by atoms with Crippen LogP contribution in [0.1, 0.15) is 11.4 Å². The lowest BCUT2D eigenvalue weighted by atomic mass is 10.3.